The van der Waals surface area contributed by atoms with E-state index in [0.717, 1.165) is 28.2 Å². The summed E-state index contributed by atoms with van der Waals surface area (Å²) in [7, 11) is 0. The number of fused-ring (bicyclic) bond motifs is 3. The first-order valence-electron chi connectivity index (χ1n) is 9.77. The molecule has 0 amide bonds. The number of quaternary nitrogens is 1. The molecule has 3 aromatic rings. The van der Waals surface area contributed by atoms with E-state index in [1.54, 1.807) is 24.3 Å². The molecule has 0 saturated carbocycles. The summed E-state index contributed by atoms with van der Waals surface area (Å²) >= 11 is 6.30. The highest BCUT2D eigenvalue weighted by Gasteiger charge is 2.46. The third-order valence-electron chi connectivity index (χ3n) is 5.44. The molecule has 3 aromatic carbocycles. The van der Waals surface area contributed by atoms with Crippen LogP contribution in [0.3, 0.4) is 0 Å². The van der Waals surface area contributed by atoms with E-state index >= 15 is 0 Å². The molecule has 0 fully saturated rings. The van der Waals surface area contributed by atoms with E-state index < -0.39 is 11.0 Å². The fraction of sp³-hybridized carbons (Fsp3) is 0.130. The molecule has 0 radical (unpaired) electrons. The van der Waals surface area contributed by atoms with Crippen LogP contribution in [0.1, 0.15) is 24.5 Å². The molecule has 0 bridgehead atoms. The van der Waals surface area contributed by atoms with E-state index in [4.69, 9.17) is 21.4 Å². The van der Waals surface area contributed by atoms with Gasteiger partial charge in [0.2, 0.25) is 5.72 Å². The van der Waals surface area contributed by atoms with Gasteiger partial charge in [-0.3, -0.25) is 9.89 Å². The van der Waals surface area contributed by atoms with Crippen LogP contribution >= 0.6 is 11.6 Å². The second kappa shape index (κ2) is 7.47. The highest BCUT2D eigenvalue weighted by Crippen LogP contribution is 2.44. The Balaban J connectivity index is 1.62. The van der Waals surface area contributed by atoms with Gasteiger partial charge in [0.05, 0.1) is 23.5 Å². The van der Waals surface area contributed by atoms with Gasteiger partial charge < -0.3 is 10.0 Å². The quantitative estimate of drug-likeness (QED) is 0.605. The molecule has 0 aromatic heterocycles. The van der Waals surface area contributed by atoms with Crippen LogP contribution in [0.15, 0.2) is 82.9 Å². The zero-order valence-electron chi connectivity index (χ0n) is 16.6. The Hall–Kier alpha value is -3.23. The van der Waals surface area contributed by atoms with Crippen LogP contribution in [-0.2, 0) is 4.84 Å². The van der Waals surface area contributed by atoms with Crippen molar-refractivity contribution in [2.75, 3.05) is 4.90 Å². The highest BCUT2D eigenvalue weighted by atomic mass is 35.5. The third-order valence-corrected chi connectivity index (χ3v) is 5.67. The van der Waals surface area contributed by atoms with Crippen LogP contribution in [0.25, 0.3) is 0 Å². The number of nitrogens with zero attached hydrogens (tertiary/aromatic N) is 3. The zero-order chi connectivity index (χ0) is 21.6. The maximum atomic E-state index is 11.2. The lowest BCUT2D eigenvalue weighted by Gasteiger charge is -2.33. The summed E-state index contributed by atoms with van der Waals surface area (Å²) < 4.78 is 0. The Morgan fingerprint density at radius 1 is 1.06 bits per heavy atom. The SMILES string of the molecule is CC12CC(c3ccccc3)=Nc3cc(Cl)ccc3N1C(c1ccc([NH+]([O-])O)cc1)=NO2. The summed E-state index contributed by atoms with van der Waals surface area (Å²) in [5.41, 5.74) is 3.55. The van der Waals surface area contributed by atoms with Crippen LogP contribution in [0.2, 0.25) is 5.02 Å². The Labute approximate surface area is 184 Å². The molecule has 8 heteroatoms. The number of nitrogens with one attached hydrogen (secondary N) is 1. The predicted molar refractivity (Wildman–Crippen MR) is 119 cm³/mol. The van der Waals surface area contributed by atoms with E-state index in [1.807, 2.05) is 60.4 Å². The van der Waals surface area contributed by atoms with Gasteiger partial charge in [0.25, 0.3) is 0 Å². The smallest absolute Gasteiger partial charge is 0.218 e. The van der Waals surface area contributed by atoms with Crippen molar-refractivity contribution in [1.29, 1.82) is 0 Å². The minimum absolute atomic E-state index is 0.212. The molecule has 7 nitrogen and oxygen atoms in total. The normalized spacial score (nSPS) is 20.7. The maximum Gasteiger partial charge on any atom is 0.218 e. The number of halogens is 1. The number of hydrogen-bond acceptors (Lipinski definition) is 6. The van der Waals surface area contributed by atoms with Crippen molar-refractivity contribution in [2.24, 2.45) is 10.1 Å². The predicted octanol–water partition coefficient (Wildman–Crippen LogP) is 4.18. The van der Waals surface area contributed by atoms with Crippen LogP contribution in [-0.4, -0.2) is 22.5 Å². The number of rotatable bonds is 3. The number of anilines is 1. The van der Waals surface area contributed by atoms with Crippen LogP contribution in [0.4, 0.5) is 17.1 Å². The molecule has 2 N–H and O–H groups in total. The molecule has 31 heavy (non-hydrogen) atoms. The van der Waals surface area contributed by atoms with Crippen molar-refractivity contribution in [2.45, 2.75) is 19.1 Å². The van der Waals surface area contributed by atoms with Crippen molar-refractivity contribution >= 4 is 40.2 Å². The minimum atomic E-state index is -0.975. The number of aliphatic imine (C=N–C) groups is 1. The first kappa shape index (κ1) is 19.7. The summed E-state index contributed by atoms with van der Waals surface area (Å²) in [4.78, 5) is 12.9. The van der Waals surface area contributed by atoms with Crippen molar-refractivity contribution < 1.29 is 15.3 Å². The van der Waals surface area contributed by atoms with Crippen LogP contribution in [0.5, 0.6) is 0 Å². The fourth-order valence-electron chi connectivity index (χ4n) is 3.94. The molecule has 2 aliphatic heterocycles. The van der Waals surface area contributed by atoms with E-state index in [2.05, 4.69) is 5.16 Å². The van der Waals surface area contributed by atoms with Gasteiger partial charge in [-0.1, -0.05) is 47.1 Å². The lowest BCUT2D eigenvalue weighted by Crippen LogP contribution is -2.99. The molecular weight excluding hydrogens is 416 g/mol. The van der Waals surface area contributed by atoms with Gasteiger partial charge in [-0.25, -0.2) is 5.21 Å². The second-order valence-corrected chi connectivity index (χ2v) is 8.07. The summed E-state index contributed by atoms with van der Waals surface area (Å²) in [5, 5.41) is 24.4. The molecule has 2 aliphatic rings. The van der Waals surface area contributed by atoms with Gasteiger partial charge in [-0.15, -0.1) is 0 Å². The van der Waals surface area contributed by atoms with Crippen LogP contribution < -0.4 is 10.1 Å². The maximum absolute atomic E-state index is 11.2. The molecule has 0 aliphatic carbocycles. The van der Waals surface area contributed by atoms with Gasteiger partial charge in [-0.2, -0.15) is 5.23 Å². The average molecular weight is 435 g/mol. The monoisotopic (exact) mass is 434 g/mol. The number of amidine groups is 1. The van der Waals surface area contributed by atoms with Gasteiger partial charge in [0.15, 0.2) is 11.5 Å². The van der Waals surface area contributed by atoms with E-state index in [1.165, 1.54) is 0 Å². The average Bonchev–Trinajstić information content (AvgIpc) is 3.04. The summed E-state index contributed by atoms with van der Waals surface area (Å²) in [6.07, 6.45) is 0.490. The van der Waals surface area contributed by atoms with E-state index in [-0.39, 0.29) is 5.69 Å². The minimum Gasteiger partial charge on any atom is -0.595 e. The Morgan fingerprint density at radius 3 is 2.52 bits per heavy atom. The molecule has 5 rings (SSSR count). The number of benzene rings is 3. The number of oxime groups is 1. The fourth-order valence-corrected chi connectivity index (χ4v) is 4.11. The highest BCUT2D eigenvalue weighted by molar-refractivity contribution is 6.31. The van der Waals surface area contributed by atoms with Gasteiger partial charge >= 0.3 is 0 Å². The molecular formula is C23H19ClN4O3. The second-order valence-electron chi connectivity index (χ2n) is 7.63. The van der Waals surface area contributed by atoms with Gasteiger partial charge in [0.1, 0.15) is 0 Å². The Morgan fingerprint density at radius 2 is 1.81 bits per heavy atom. The van der Waals surface area contributed by atoms with Gasteiger partial charge in [0, 0.05) is 22.7 Å². The summed E-state index contributed by atoms with van der Waals surface area (Å²) in [6.45, 7) is 1.97. The standard InChI is InChI=1S/C23H19ClN4O3/c1-23-14-20(15-5-3-2-4-6-15)25-19-13-17(24)9-12-21(19)27(23)22(26-31-23)16-7-10-18(11-8-16)28(29)30/h2-13,28-29H,14H2,1H3. The first-order valence-corrected chi connectivity index (χ1v) is 10.2. The van der Waals surface area contributed by atoms with Crippen molar-refractivity contribution in [3.05, 3.63) is 94.2 Å². The van der Waals surface area contributed by atoms with Crippen LogP contribution in [0, 0.1) is 5.21 Å². The lowest BCUT2D eigenvalue weighted by molar-refractivity contribution is -0.991. The Kier molecular flexibility index (Phi) is 4.75. The largest absolute Gasteiger partial charge is 0.595 e. The molecule has 2 unspecified atom stereocenters. The van der Waals surface area contributed by atoms with Crippen molar-refractivity contribution in [3.63, 3.8) is 0 Å². The zero-order valence-corrected chi connectivity index (χ0v) is 17.4. The summed E-state index contributed by atoms with van der Waals surface area (Å²) in [6, 6.07) is 22.1. The topological polar surface area (TPSA) is 84.9 Å². The van der Waals surface area contributed by atoms with Crippen molar-refractivity contribution in [1.82, 2.24) is 0 Å². The van der Waals surface area contributed by atoms with E-state index in [0.29, 0.717) is 17.3 Å². The van der Waals surface area contributed by atoms with Gasteiger partial charge in [-0.05, 0) is 42.8 Å². The van der Waals surface area contributed by atoms with Crippen molar-refractivity contribution in [3.8, 4) is 0 Å². The lowest BCUT2D eigenvalue weighted by atomic mass is 9.99. The summed E-state index contributed by atoms with van der Waals surface area (Å²) in [5.74, 6) is 0.590. The number of hydrogen-bond donors (Lipinski definition) is 2. The molecule has 2 atom stereocenters. The van der Waals surface area contributed by atoms with E-state index in [9.17, 15) is 10.4 Å². The molecule has 0 spiro atoms. The molecule has 2 heterocycles. The molecule has 0 saturated heterocycles. The Bertz CT molecular complexity index is 1200. The first-order chi connectivity index (χ1) is 14.9. The molecule has 156 valence electrons. The third kappa shape index (κ3) is 3.47.